The Kier molecular flexibility index (Phi) is 19.6. The molecule has 0 radical (unpaired) electrons. The van der Waals surface area contributed by atoms with Gasteiger partial charge >= 0.3 is 0 Å². The van der Waals surface area contributed by atoms with E-state index in [1.165, 1.54) is 4.90 Å². The van der Waals surface area contributed by atoms with Crippen molar-refractivity contribution in [2.45, 2.75) is 125 Å². The Morgan fingerprint density at radius 3 is 2.25 bits per heavy atom. The fraction of sp³-hybridized carbons (Fsp3) is 0.483. The second-order valence-corrected chi connectivity index (χ2v) is 21.7. The van der Waals surface area contributed by atoms with Crippen molar-refractivity contribution in [3.8, 4) is 21.6 Å². The van der Waals surface area contributed by atoms with Gasteiger partial charge in [-0.15, -0.1) is 11.3 Å². The molecule has 402 valence electrons. The minimum atomic E-state index is -0.970. The summed E-state index contributed by atoms with van der Waals surface area (Å²) in [5, 5.41) is 19.4. The molecule has 2 aliphatic heterocycles. The summed E-state index contributed by atoms with van der Waals surface area (Å²) in [6, 6.07) is 20.7. The molecule has 16 nitrogen and oxygen atoms in total. The van der Waals surface area contributed by atoms with Gasteiger partial charge in [0.25, 0.3) is 11.5 Å². The van der Waals surface area contributed by atoms with E-state index >= 15 is 0 Å². The van der Waals surface area contributed by atoms with Crippen LogP contribution < -0.4 is 26.4 Å². The molecule has 5 aromatic rings. The molecule has 4 heterocycles. The smallest absolute Gasteiger partial charge is 0.253 e. The van der Waals surface area contributed by atoms with Crippen molar-refractivity contribution in [1.82, 2.24) is 30.8 Å². The highest BCUT2D eigenvalue weighted by Crippen LogP contribution is 2.35. The fourth-order valence-corrected chi connectivity index (χ4v) is 10.8. The number of nitrogens with one attached hydrogen (secondary N) is 4. The SMILES string of the molecule is CCN(c1cc(-c2ccc(CCCOCCOCC(=O)N[C@H](C(=O)N3C[C@H](O)C[C@H]3C(=O)NCc3ccc(-c4scnc4C)cc3)C(C)(C)C)cc2)cc(C(=O)NCc2c(C)cc(C)[nH]c2=O)c1C)C1CCOCC1. The third kappa shape index (κ3) is 14.8. The summed E-state index contributed by atoms with van der Waals surface area (Å²) in [6.45, 7) is 18.5. The van der Waals surface area contributed by atoms with Crippen molar-refractivity contribution in [2.75, 3.05) is 57.6 Å². The number of carbonyl (C=O) groups is 4. The van der Waals surface area contributed by atoms with Crippen LogP contribution in [0, 0.1) is 33.1 Å². The molecule has 4 amide bonds. The molecular formula is C58H75N7O9S. The van der Waals surface area contributed by atoms with Crippen LogP contribution in [0.15, 0.2) is 77.0 Å². The minimum Gasteiger partial charge on any atom is -0.391 e. The number of H-pyrrole nitrogens is 1. The van der Waals surface area contributed by atoms with Gasteiger partial charge in [-0.2, -0.15) is 0 Å². The standard InChI is InChI=1S/C58H75N7O9S/c1-9-64(45-20-23-73-24-21-45)49-29-44(28-47(38(49)4)54(68)60-32-48-36(2)27-37(3)62-55(48)69)42-16-12-40(13-17-42)11-10-22-72-25-26-74-34-51(67)63-53(58(6,7)8)57(71)65-33-46(66)30-50(65)56(70)59-31-41-14-18-43(19-15-41)52-39(5)61-35-75-52/h12-19,27-29,35,45-46,50,53,66H,9-11,20-26,30-34H2,1-8H3,(H,59,70)(H,60,68)(H,62,69)(H,63,67)/t46-,50+,53-/m1/s1. The lowest BCUT2D eigenvalue weighted by Crippen LogP contribution is -2.58. The van der Waals surface area contributed by atoms with Gasteiger partial charge < -0.3 is 50.1 Å². The Hall–Kier alpha value is -6.24. The quantitative estimate of drug-likeness (QED) is 0.0442. The van der Waals surface area contributed by atoms with Crippen LogP contribution in [0.3, 0.4) is 0 Å². The molecular weight excluding hydrogens is 971 g/mol. The predicted octanol–water partition coefficient (Wildman–Crippen LogP) is 7.11. The number of aliphatic hydroxyl groups excluding tert-OH is 1. The van der Waals surface area contributed by atoms with Gasteiger partial charge in [0.05, 0.1) is 35.4 Å². The molecule has 0 bridgehead atoms. The first kappa shape index (κ1) is 56.5. The molecule has 2 aromatic heterocycles. The number of amides is 4. The number of pyridine rings is 1. The van der Waals surface area contributed by atoms with Gasteiger partial charge in [0.2, 0.25) is 17.7 Å². The van der Waals surface area contributed by atoms with Crippen molar-refractivity contribution >= 4 is 40.7 Å². The average Bonchev–Trinajstić information content (AvgIpc) is 4.01. The first-order valence-corrected chi connectivity index (χ1v) is 27.1. The highest BCUT2D eigenvalue weighted by Gasteiger charge is 2.44. The van der Waals surface area contributed by atoms with E-state index in [-0.39, 0.29) is 69.3 Å². The lowest BCUT2D eigenvalue weighted by atomic mass is 9.85. The van der Waals surface area contributed by atoms with Crippen molar-refractivity contribution in [1.29, 1.82) is 0 Å². The van der Waals surface area contributed by atoms with E-state index in [1.54, 1.807) is 11.3 Å². The number of aromatic nitrogens is 2. The second-order valence-electron chi connectivity index (χ2n) is 20.8. The monoisotopic (exact) mass is 1050 g/mol. The molecule has 3 aromatic carbocycles. The van der Waals surface area contributed by atoms with Gasteiger partial charge in [-0.3, -0.25) is 24.0 Å². The van der Waals surface area contributed by atoms with E-state index in [0.29, 0.717) is 30.9 Å². The Bertz CT molecular complexity index is 2820. The van der Waals surface area contributed by atoms with Crippen LogP contribution >= 0.6 is 11.3 Å². The number of rotatable bonds is 22. The summed E-state index contributed by atoms with van der Waals surface area (Å²) in [4.78, 5) is 79.5. The zero-order chi connectivity index (χ0) is 53.8. The van der Waals surface area contributed by atoms with E-state index in [9.17, 15) is 29.1 Å². The van der Waals surface area contributed by atoms with Crippen LogP contribution in [0.2, 0.25) is 0 Å². The maximum atomic E-state index is 14.1. The largest absolute Gasteiger partial charge is 0.391 e. The summed E-state index contributed by atoms with van der Waals surface area (Å²) in [7, 11) is 0. The molecule has 75 heavy (non-hydrogen) atoms. The Labute approximate surface area is 445 Å². The zero-order valence-corrected chi connectivity index (χ0v) is 45.6. The highest BCUT2D eigenvalue weighted by atomic mass is 32.1. The van der Waals surface area contributed by atoms with Gasteiger partial charge in [-0.25, -0.2) is 4.98 Å². The Morgan fingerprint density at radius 2 is 1.59 bits per heavy atom. The number of likely N-dealkylation sites (tertiary alicyclic amines) is 1. The van der Waals surface area contributed by atoms with Crippen LogP contribution in [0.1, 0.15) is 103 Å². The van der Waals surface area contributed by atoms with E-state index in [0.717, 1.165) is 93.1 Å². The molecule has 7 rings (SSSR count). The number of nitrogens with zero attached hydrogens (tertiary/aromatic N) is 3. The molecule has 5 N–H and O–H groups in total. The predicted molar refractivity (Wildman–Crippen MR) is 293 cm³/mol. The van der Waals surface area contributed by atoms with Crippen LogP contribution in [0.4, 0.5) is 5.69 Å². The van der Waals surface area contributed by atoms with Crippen molar-refractivity contribution in [3.63, 3.8) is 0 Å². The number of benzene rings is 3. The molecule has 0 saturated carbocycles. The average molecular weight is 1050 g/mol. The van der Waals surface area contributed by atoms with Crippen LogP contribution in [-0.2, 0) is 48.1 Å². The number of aromatic amines is 1. The zero-order valence-electron chi connectivity index (χ0n) is 44.8. The van der Waals surface area contributed by atoms with E-state index < -0.39 is 35.4 Å². The number of β-amino-alcohol motifs (C(OH)–C–C–N with tert-alkyl or cyclic N) is 1. The Morgan fingerprint density at radius 1 is 0.893 bits per heavy atom. The van der Waals surface area contributed by atoms with Crippen LogP contribution in [0.25, 0.3) is 21.6 Å². The fourth-order valence-electron chi connectivity index (χ4n) is 10.00. The number of aliphatic hydroxyl groups is 1. The number of hydrogen-bond donors (Lipinski definition) is 5. The molecule has 2 saturated heterocycles. The summed E-state index contributed by atoms with van der Waals surface area (Å²) in [5.41, 5.74) is 11.5. The maximum absolute atomic E-state index is 14.1. The number of anilines is 1. The first-order chi connectivity index (χ1) is 35.9. The van der Waals surface area contributed by atoms with Crippen LogP contribution in [-0.4, -0.2) is 121 Å². The summed E-state index contributed by atoms with van der Waals surface area (Å²) in [5.74, 6) is -1.52. The number of carbonyl (C=O) groups excluding carboxylic acids is 4. The topological polar surface area (TPSA) is 205 Å². The lowest BCUT2D eigenvalue weighted by molar-refractivity contribution is -0.144. The molecule has 0 unspecified atom stereocenters. The summed E-state index contributed by atoms with van der Waals surface area (Å²) in [6.07, 6.45) is 2.57. The van der Waals surface area contributed by atoms with Gasteiger partial charge in [0, 0.05) is 81.0 Å². The van der Waals surface area contributed by atoms with Gasteiger partial charge in [-0.05, 0) is 123 Å². The summed E-state index contributed by atoms with van der Waals surface area (Å²) >= 11 is 1.57. The third-order valence-corrected chi connectivity index (χ3v) is 15.2. The highest BCUT2D eigenvalue weighted by molar-refractivity contribution is 7.13. The molecule has 0 spiro atoms. The molecule has 2 aliphatic rings. The van der Waals surface area contributed by atoms with Gasteiger partial charge in [0.15, 0.2) is 0 Å². The number of hydrogen-bond acceptors (Lipinski definition) is 12. The van der Waals surface area contributed by atoms with E-state index in [4.69, 9.17) is 14.2 Å². The molecule has 2 fully saturated rings. The van der Waals surface area contributed by atoms with Gasteiger partial charge in [-0.1, -0.05) is 69.3 Å². The maximum Gasteiger partial charge on any atom is 0.253 e. The Balaban J connectivity index is 0.868. The van der Waals surface area contributed by atoms with E-state index in [1.807, 2.05) is 90.4 Å². The van der Waals surface area contributed by atoms with Crippen LogP contribution in [0.5, 0.6) is 0 Å². The molecule has 3 atom stereocenters. The van der Waals surface area contributed by atoms with Crippen molar-refractivity contribution in [2.24, 2.45) is 5.41 Å². The van der Waals surface area contributed by atoms with Crippen molar-refractivity contribution < 1.29 is 38.5 Å². The minimum absolute atomic E-state index is 0.0187. The number of thiazole rings is 1. The lowest BCUT2D eigenvalue weighted by Gasteiger charge is -2.37. The first-order valence-electron chi connectivity index (χ1n) is 26.2. The van der Waals surface area contributed by atoms with Gasteiger partial charge in [0.1, 0.15) is 18.7 Å². The number of aryl methyl sites for hydroxylation is 4. The molecule has 17 heteroatoms. The van der Waals surface area contributed by atoms with Crippen molar-refractivity contribution in [3.05, 3.63) is 127 Å². The van der Waals surface area contributed by atoms with E-state index in [2.05, 4.69) is 68.1 Å². The number of ether oxygens (including phenoxy) is 3. The molecule has 0 aliphatic carbocycles. The normalized spacial score (nSPS) is 16.4. The summed E-state index contributed by atoms with van der Waals surface area (Å²) < 4.78 is 17.2. The second kappa shape index (κ2) is 26.0. The third-order valence-electron chi connectivity index (χ3n) is 14.2.